The molecule has 1 atom stereocenters. The van der Waals surface area contributed by atoms with Crippen LogP contribution in [0.4, 0.5) is 4.79 Å². The summed E-state index contributed by atoms with van der Waals surface area (Å²) in [5.41, 5.74) is 0.283. The molecule has 0 aliphatic heterocycles. The van der Waals surface area contributed by atoms with Gasteiger partial charge in [-0.2, -0.15) is 0 Å². The largest absolute Gasteiger partial charge is 0.497 e. The van der Waals surface area contributed by atoms with Crippen molar-refractivity contribution in [3.63, 3.8) is 0 Å². The minimum Gasteiger partial charge on any atom is -0.497 e. The third-order valence-corrected chi connectivity index (χ3v) is 2.44. The second-order valence-electron chi connectivity index (χ2n) is 3.84. The molecule has 2 N–H and O–H groups in total. The Hall–Kier alpha value is -2.57. The van der Waals surface area contributed by atoms with Gasteiger partial charge in [-0.3, -0.25) is 10.1 Å². The topological polar surface area (TPSA) is 93.7 Å². The van der Waals surface area contributed by atoms with Gasteiger partial charge in [0.2, 0.25) is 0 Å². The maximum absolute atomic E-state index is 11.8. The van der Waals surface area contributed by atoms with Gasteiger partial charge in [0, 0.05) is 7.05 Å². The third kappa shape index (κ3) is 4.27. The van der Waals surface area contributed by atoms with Crippen LogP contribution in [0.1, 0.15) is 17.3 Å². The van der Waals surface area contributed by atoms with E-state index in [-0.39, 0.29) is 5.56 Å². The molecule has 3 amide bonds. The van der Waals surface area contributed by atoms with Gasteiger partial charge in [0.15, 0.2) is 6.10 Å². The molecule has 0 bridgehead atoms. The quantitative estimate of drug-likeness (QED) is 0.792. The molecule has 0 fully saturated rings. The summed E-state index contributed by atoms with van der Waals surface area (Å²) in [6.45, 7) is 1.37. The molecular formula is C13H16N2O5. The summed E-state index contributed by atoms with van der Waals surface area (Å²) < 4.78 is 9.91. The van der Waals surface area contributed by atoms with Gasteiger partial charge in [-0.15, -0.1) is 0 Å². The van der Waals surface area contributed by atoms with E-state index < -0.39 is 24.0 Å². The minimum atomic E-state index is -1.08. The maximum atomic E-state index is 11.8. The highest BCUT2D eigenvalue weighted by atomic mass is 16.5. The number of methoxy groups -OCH3 is 1. The number of ether oxygens (including phenoxy) is 2. The monoisotopic (exact) mass is 280 g/mol. The zero-order chi connectivity index (χ0) is 15.1. The van der Waals surface area contributed by atoms with Crippen molar-refractivity contribution in [1.29, 1.82) is 0 Å². The number of carbonyl (C=O) groups excluding carboxylic acids is 3. The van der Waals surface area contributed by atoms with E-state index in [2.05, 4.69) is 5.32 Å². The summed E-state index contributed by atoms with van der Waals surface area (Å²) in [5.74, 6) is -0.759. The van der Waals surface area contributed by atoms with E-state index in [1.54, 1.807) is 12.1 Å². The number of carbonyl (C=O) groups is 3. The number of esters is 1. The van der Waals surface area contributed by atoms with Gasteiger partial charge in [0.1, 0.15) is 5.75 Å². The summed E-state index contributed by atoms with van der Waals surface area (Å²) in [4.78, 5) is 34.2. The molecule has 20 heavy (non-hydrogen) atoms. The molecule has 0 radical (unpaired) electrons. The van der Waals surface area contributed by atoms with Crippen molar-refractivity contribution in [3.8, 4) is 5.75 Å². The molecular weight excluding hydrogens is 264 g/mol. The number of rotatable bonds is 4. The van der Waals surface area contributed by atoms with Crippen molar-refractivity contribution in [1.82, 2.24) is 10.6 Å². The van der Waals surface area contributed by atoms with Crippen LogP contribution in [0.3, 0.4) is 0 Å². The molecule has 0 aliphatic rings. The molecule has 7 heteroatoms. The summed E-state index contributed by atoms with van der Waals surface area (Å²) >= 11 is 0. The Morgan fingerprint density at radius 2 is 1.75 bits per heavy atom. The first-order valence-corrected chi connectivity index (χ1v) is 5.85. The predicted molar refractivity (Wildman–Crippen MR) is 70.5 cm³/mol. The van der Waals surface area contributed by atoms with Crippen LogP contribution in [0.25, 0.3) is 0 Å². The lowest BCUT2D eigenvalue weighted by atomic mass is 10.2. The smallest absolute Gasteiger partial charge is 0.338 e. The van der Waals surface area contributed by atoms with Crippen LogP contribution in [-0.4, -0.2) is 38.2 Å². The van der Waals surface area contributed by atoms with Crippen molar-refractivity contribution in [3.05, 3.63) is 29.8 Å². The Morgan fingerprint density at radius 1 is 1.15 bits per heavy atom. The van der Waals surface area contributed by atoms with Gasteiger partial charge in [0.25, 0.3) is 5.91 Å². The lowest BCUT2D eigenvalue weighted by molar-refractivity contribution is -0.127. The van der Waals surface area contributed by atoms with E-state index in [4.69, 9.17) is 9.47 Å². The highest BCUT2D eigenvalue weighted by Crippen LogP contribution is 2.12. The van der Waals surface area contributed by atoms with Crippen LogP contribution in [0.2, 0.25) is 0 Å². The Labute approximate surface area is 116 Å². The summed E-state index contributed by atoms with van der Waals surface area (Å²) in [7, 11) is 2.88. The molecule has 1 aromatic rings. The lowest BCUT2D eigenvalue weighted by Gasteiger charge is -2.12. The number of hydrogen-bond donors (Lipinski definition) is 2. The zero-order valence-electron chi connectivity index (χ0n) is 11.4. The van der Waals surface area contributed by atoms with E-state index in [1.165, 1.54) is 33.2 Å². The highest BCUT2D eigenvalue weighted by molar-refractivity contribution is 5.98. The Bertz CT molecular complexity index is 498. The molecule has 0 saturated heterocycles. The average molecular weight is 280 g/mol. The number of nitrogens with one attached hydrogen (secondary N) is 2. The van der Waals surface area contributed by atoms with Crippen LogP contribution in [0, 0.1) is 0 Å². The number of urea groups is 1. The van der Waals surface area contributed by atoms with Crippen molar-refractivity contribution in [2.75, 3.05) is 14.2 Å². The van der Waals surface area contributed by atoms with Gasteiger partial charge in [-0.25, -0.2) is 9.59 Å². The first kappa shape index (κ1) is 15.5. The van der Waals surface area contributed by atoms with Gasteiger partial charge in [-0.1, -0.05) is 0 Å². The number of amides is 3. The number of benzene rings is 1. The predicted octanol–water partition coefficient (Wildman–Crippen LogP) is 0.696. The van der Waals surface area contributed by atoms with Crippen LogP contribution < -0.4 is 15.4 Å². The van der Waals surface area contributed by atoms with Gasteiger partial charge < -0.3 is 14.8 Å². The van der Waals surface area contributed by atoms with E-state index >= 15 is 0 Å². The fourth-order valence-electron chi connectivity index (χ4n) is 1.29. The molecule has 1 rings (SSSR count). The SMILES string of the molecule is CNC(=O)NC(=O)C(C)OC(=O)c1ccc(OC)cc1. The Balaban J connectivity index is 2.60. The molecule has 1 unspecified atom stereocenters. The van der Waals surface area contributed by atoms with Crippen LogP contribution >= 0.6 is 0 Å². The molecule has 0 saturated carbocycles. The molecule has 1 aromatic carbocycles. The van der Waals surface area contributed by atoms with E-state index in [0.29, 0.717) is 5.75 Å². The fraction of sp³-hybridized carbons (Fsp3) is 0.308. The molecule has 0 aromatic heterocycles. The third-order valence-electron chi connectivity index (χ3n) is 2.44. The maximum Gasteiger partial charge on any atom is 0.338 e. The Morgan fingerprint density at radius 3 is 2.25 bits per heavy atom. The van der Waals surface area contributed by atoms with Gasteiger partial charge >= 0.3 is 12.0 Å². The minimum absolute atomic E-state index is 0.283. The van der Waals surface area contributed by atoms with Gasteiger partial charge in [-0.05, 0) is 31.2 Å². The molecule has 7 nitrogen and oxygen atoms in total. The fourth-order valence-corrected chi connectivity index (χ4v) is 1.29. The van der Waals surface area contributed by atoms with E-state index in [1.807, 2.05) is 5.32 Å². The first-order valence-electron chi connectivity index (χ1n) is 5.85. The average Bonchev–Trinajstić information content (AvgIpc) is 2.46. The van der Waals surface area contributed by atoms with Crippen molar-refractivity contribution >= 4 is 17.9 Å². The van der Waals surface area contributed by atoms with E-state index in [0.717, 1.165) is 0 Å². The normalized spacial score (nSPS) is 11.2. The summed E-state index contributed by atoms with van der Waals surface area (Å²) in [6, 6.07) is 5.58. The van der Waals surface area contributed by atoms with Crippen LogP contribution in [0.5, 0.6) is 5.75 Å². The zero-order valence-corrected chi connectivity index (χ0v) is 11.4. The molecule has 0 aliphatic carbocycles. The molecule has 0 heterocycles. The number of hydrogen-bond acceptors (Lipinski definition) is 5. The number of imide groups is 1. The van der Waals surface area contributed by atoms with Crippen LogP contribution in [0.15, 0.2) is 24.3 Å². The molecule has 108 valence electrons. The summed E-state index contributed by atoms with van der Waals surface area (Å²) in [5, 5.41) is 4.24. The van der Waals surface area contributed by atoms with Crippen molar-refractivity contribution in [2.45, 2.75) is 13.0 Å². The first-order chi connectivity index (χ1) is 9.47. The van der Waals surface area contributed by atoms with Crippen molar-refractivity contribution < 1.29 is 23.9 Å². The molecule has 0 spiro atoms. The standard InChI is InChI=1S/C13H16N2O5/c1-8(11(16)15-13(18)14-2)20-12(17)9-4-6-10(19-3)7-5-9/h4-8H,1-3H3,(H2,14,15,16,18). The highest BCUT2D eigenvalue weighted by Gasteiger charge is 2.20. The second kappa shape index (κ2) is 7.13. The van der Waals surface area contributed by atoms with Gasteiger partial charge in [0.05, 0.1) is 12.7 Å². The Kier molecular flexibility index (Phi) is 5.52. The van der Waals surface area contributed by atoms with E-state index in [9.17, 15) is 14.4 Å². The summed E-state index contributed by atoms with van der Waals surface area (Å²) in [6.07, 6.45) is -1.08. The van der Waals surface area contributed by atoms with Crippen LogP contribution in [-0.2, 0) is 9.53 Å². The lowest BCUT2D eigenvalue weighted by Crippen LogP contribution is -2.43. The van der Waals surface area contributed by atoms with Crippen molar-refractivity contribution in [2.24, 2.45) is 0 Å². The second-order valence-corrected chi connectivity index (χ2v) is 3.84.